The number of thiophene rings is 1. The predicted octanol–water partition coefficient (Wildman–Crippen LogP) is 5.22. The topological polar surface area (TPSA) is 68.3 Å². The summed E-state index contributed by atoms with van der Waals surface area (Å²) in [5.41, 5.74) is 0.928. The van der Waals surface area contributed by atoms with E-state index >= 15 is 0 Å². The van der Waals surface area contributed by atoms with E-state index in [4.69, 9.17) is 25.8 Å². The fraction of sp³-hybridized carbons (Fsp3) is 0.333. The number of nitrogens with zero attached hydrogens (tertiary/aromatic N) is 2. The van der Waals surface area contributed by atoms with Crippen molar-refractivity contribution in [2.75, 3.05) is 26.5 Å². The average molecular weight is 529 g/mol. The number of rotatable bonds is 11. The van der Waals surface area contributed by atoms with Crippen molar-refractivity contribution in [3.63, 3.8) is 0 Å². The monoisotopic (exact) mass is 528 g/mol. The molecule has 0 atom stereocenters. The number of benzene rings is 2. The highest BCUT2D eigenvalue weighted by molar-refractivity contribution is 7.09. The van der Waals surface area contributed by atoms with Gasteiger partial charge in [-0.05, 0) is 59.3 Å². The lowest BCUT2D eigenvalue weighted by atomic mass is 10.1. The Morgan fingerprint density at radius 3 is 2.50 bits per heavy atom. The molecule has 2 aromatic carbocycles. The molecule has 0 N–H and O–H groups in total. The van der Waals surface area contributed by atoms with E-state index in [1.54, 1.807) is 45.4 Å². The lowest BCUT2D eigenvalue weighted by molar-refractivity contribution is -0.142. The summed E-state index contributed by atoms with van der Waals surface area (Å²) < 4.78 is 16.6. The molecule has 1 aliphatic rings. The smallest absolute Gasteiger partial charge is 0.260 e. The summed E-state index contributed by atoms with van der Waals surface area (Å²) in [6, 6.07) is 16.5. The molecule has 0 radical (unpaired) electrons. The first kappa shape index (κ1) is 25.9. The van der Waals surface area contributed by atoms with Crippen molar-refractivity contribution in [3.05, 3.63) is 75.4 Å². The molecule has 4 rings (SSSR count). The number of carbonyl (C=O) groups excluding carboxylic acids is 2. The standard InChI is InChI=1S/C27H29ClN2O5S/c1-19(2)13-29(27(32)17-33-22-8-6-21(28)7-9-22)16-26(31)30(15-23-4-3-11-36-23)14-20-5-10-24-25(12-20)35-18-34-24/h3-12,19H,13-18H2,1-2H3. The molecule has 7 nitrogen and oxygen atoms in total. The summed E-state index contributed by atoms with van der Waals surface area (Å²) in [5.74, 6) is 1.73. The Morgan fingerprint density at radius 2 is 1.78 bits per heavy atom. The number of hydrogen-bond acceptors (Lipinski definition) is 6. The fourth-order valence-electron chi connectivity index (χ4n) is 3.81. The van der Waals surface area contributed by atoms with Crippen LogP contribution in [-0.4, -0.2) is 48.1 Å². The van der Waals surface area contributed by atoms with Crippen LogP contribution in [0.3, 0.4) is 0 Å². The van der Waals surface area contributed by atoms with E-state index in [-0.39, 0.29) is 37.7 Å². The molecule has 2 amide bonds. The van der Waals surface area contributed by atoms with E-state index in [9.17, 15) is 9.59 Å². The van der Waals surface area contributed by atoms with E-state index in [0.717, 1.165) is 10.4 Å². The van der Waals surface area contributed by atoms with Crippen molar-refractivity contribution in [1.29, 1.82) is 0 Å². The minimum absolute atomic E-state index is 0.0308. The quantitative estimate of drug-likeness (QED) is 0.341. The first-order chi connectivity index (χ1) is 17.4. The maximum absolute atomic E-state index is 13.5. The third kappa shape index (κ3) is 7.15. The first-order valence-corrected chi connectivity index (χ1v) is 13.0. The van der Waals surface area contributed by atoms with Crippen LogP contribution >= 0.6 is 22.9 Å². The number of ether oxygens (including phenoxy) is 3. The molecule has 0 aliphatic carbocycles. The SMILES string of the molecule is CC(C)CN(CC(=O)N(Cc1ccc2c(c1)OCO2)Cc1cccs1)C(=O)COc1ccc(Cl)cc1. The van der Waals surface area contributed by atoms with Crippen molar-refractivity contribution in [1.82, 2.24) is 9.80 Å². The van der Waals surface area contributed by atoms with Crippen LogP contribution < -0.4 is 14.2 Å². The molecule has 3 aromatic rings. The zero-order valence-corrected chi connectivity index (χ0v) is 21.9. The van der Waals surface area contributed by atoms with Gasteiger partial charge in [0.15, 0.2) is 18.1 Å². The second-order valence-electron chi connectivity index (χ2n) is 8.93. The number of hydrogen-bond donors (Lipinski definition) is 0. The third-order valence-corrected chi connectivity index (χ3v) is 6.64. The number of fused-ring (bicyclic) bond motifs is 1. The number of halogens is 1. The zero-order chi connectivity index (χ0) is 25.5. The first-order valence-electron chi connectivity index (χ1n) is 11.7. The van der Waals surface area contributed by atoms with Crippen LogP contribution in [0.1, 0.15) is 24.3 Å². The highest BCUT2D eigenvalue weighted by atomic mass is 35.5. The van der Waals surface area contributed by atoms with Gasteiger partial charge in [-0.25, -0.2) is 0 Å². The highest BCUT2D eigenvalue weighted by Crippen LogP contribution is 2.33. The molecule has 0 fully saturated rings. The van der Waals surface area contributed by atoms with Crippen LogP contribution in [0.5, 0.6) is 17.2 Å². The van der Waals surface area contributed by atoms with Gasteiger partial charge in [0.2, 0.25) is 12.7 Å². The maximum atomic E-state index is 13.5. The Labute approximate surface area is 220 Å². The second-order valence-corrected chi connectivity index (χ2v) is 10.4. The van der Waals surface area contributed by atoms with E-state index in [0.29, 0.717) is 41.9 Å². The Hall–Kier alpha value is -3.23. The predicted molar refractivity (Wildman–Crippen MR) is 140 cm³/mol. The summed E-state index contributed by atoms with van der Waals surface area (Å²) in [6.45, 7) is 5.33. The van der Waals surface area contributed by atoms with Gasteiger partial charge in [0.05, 0.1) is 13.1 Å². The Bertz CT molecular complexity index is 1170. The molecular weight excluding hydrogens is 500 g/mol. The minimum Gasteiger partial charge on any atom is -0.484 e. The number of amides is 2. The Kier molecular flexibility index (Phi) is 8.72. The van der Waals surface area contributed by atoms with Crippen LogP contribution in [0.25, 0.3) is 0 Å². The molecule has 0 bridgehead atoms. The summed E-state index contributed by atoms with van der Waals surface area (Å²) in [6.07, 6.45) is 0. The van der Waals surface area contributed by atoms with E-state index < -0.39 is 0 Å². The molecule has 0 spiro atoms. The summed E-state index contributed by atoms with van der Waals surface area (Å²) >= 11 is 7.51. The van der Waals surface area contributed by atoms with Gasteiger partial charge in [-0.3, -0.25) is 9.59 Å². The normalized spacial score (nSPS) is 12.0. The van der Waals surface area contributed by atoms with Gasteiger partial charge in [-0.2, -0.15) is 0 Å². The molecule has 36 heavy (non-hydrogen) atoms. The van der Waals surface area contributed by atoms with Crippen LogP contribution in [-0.2, 0) is 22.7 Å². The number of carbonyl (C=O) groups is 2. The van der Waals surface area contributed by atoms with Gasteiger partial charge >= 0.3 is 0 Å². The van der Waals surface area contributed by atoms with Gasteiger partial charge in [0.25, 0.3) is 5.91 Å². The van der Waals surface area contributed by atoms with Crippen LogP contribution in [0.2, 0.25) is 5.02 Å². The molecular formula is C27H29ClN2O5S. The van der Waals surface area contributed by atoms with Crippen LogP contribution in [0.4, 0.5) is 0 Å². The highest BCUT2D eigenvalue weighted by Gasteiger charge is 2.24. The van der Waals surface area contributed by atoms with Crippen molar-refractivity contribution in [2.24, 2.45) is 5.92 Å². The van der Waals surface area contributed by atoms with E-state index in [1.165, 1.54) is 0 Å². The van der Waals surface area contributed by atoms with Crippen molar-refractivity contribution < 1.29 is 23.8 Å². The minimum atomic E-state index is -0.244. The largest absolute Gasteiger partial charge is 0.484 e. The summed E-state index contributed by atoms with van der Waals surface area (Å²) in [5, 5.41) is 2.58. The molecule has 2 heterocycles. The fourth-order valence-corrected chi connectivity index (χ4v) is 4.65. The molecule has 0 saturated heterocycles. The summed E-state index contributed by atoms with van der Waals surface area (Å²) in [7, 11) is 0. The van der Waals surface area contributed by atoms with Gasteiger partial charge in [-0.1, -0.05) is 37.6 Å². The van der Waals surface area contributed by atoms with Gasteiger partial charge < -0.3 is 24.0 Å². The maximum Gasteiger partial charge on any atom is 0.260 e. The van der Waals surface area contributed by atoms with Crippen molar-refractivity contribution >= 4 is 34.8 Å². The molecule has 1 aromatic heterocycles. The van der Waals surface area contributed by atoms with Gasteiger partial charge in [0.1, 0.15) is 5.75 Å². The van der Waals surface area contributed by atoms with E-state index in [2.05, 4.69) is 0 Å². The molecule has 9 heteroatoms. The van der Waals surface area contributed by atoms with Crippen molar-refractivity contribution in [2.45, 2.75) is 26.9 Å². The van der Waals surface area contributed by atoms with Crippen LogP contribution in [0, 0.1) is 5.92 Å². The molecule has 1 aliphatic heterocycles. The second kappa shape index (κ2) is 12.1. The molecule has 190 valence electrons. The summed E-state index contributed by atoms with van der Waals surface area (Å²) in [4.78, 5) is 31.0. The molecule has 0 unspecified atom stereocenters. The third-order valence-electron chi connectivity index (χ3n) is 5.53. The van der Waals surface area contributed by atoms with Crippen LogP contribution in [0.15, 0.2) is 60.0 Å². The van der Waals surface area contributed by atoms with Gasteiger partial charge in [0, 0.05) is 23.0 Å². The van der Waals surface area contributed by atoms with Gasteiger partial charge in [-0.15, -0.1) is 11.3 Å². The zero-order valence-electron chi connectivity index (χ0n) is 20.3. The Morgan fingerprint density at radius 1 is 1.00 bits per heavy atom. The Balaban J connectivity index is 1.46. The van der Waals surface area contributed by atoms with E-state index in [1.807, 2.05) is 49.6 Å². The lowest BCUT2D eigenvalue weighted by Gasteiger charge is -2.28. The lowest BCUT2D eigenvalue weighted by Crippen LogP contribution is -2.45. The average Bonchev–Trinajstić information content (AvgIpc) is 3.54. The van der Waals surface area contributed by atoms with Crippen molar-refractivity contribution in [3.8, 4) is 17.2 Å². The molecule has 0 saturated carbocycles.